The second-order valence-electron chi connectivity index (χ2n) is 5.91. The molecule has 2 N–H and O–H groups in total. The maximum absolute atomic E-state index is 5.82. The fourth-order valence-electron chi connectivity index (χ4n) is 2.62. The Morgan fingerprint density at radius 1 is 1.15 bits per heavy atom. The average Bonchev–Trinajstić information content (AvgIpc) is 2.47. The van der Waals surface area contributed by atoms with Crippen LogP contribution in [0.3, 0.4) is 0 Å². The third kappa shape index (κ3) is 5.51. The number of benzene rings is 1. The summed E-state index contributed by atoms with van der Waals surface area (Å²) in [5.41, 5.74) is 7.12. The Morgan fingerprint density at radius 3 is 2.50 bits per heavy atom. The van der Waals surface area contributed by atoms with Crippen molar-refractivity contribution in [3.8, 4) is 5.75 Å². The molecule has 0 amide bonds. The van der Waals surface area contributed by atoms with Crippen molar-refractivity contribution >= 4 is 0 Å². The van der Waals surface area contributed by atoms with Gasteiger partial charge in [-0.3, -0.25) is 4.90 Å². The number of ether oxygens (including phenoxy) is 1. The molecule has 1 saturated heterocycles. The molecule has 0 aliphatic carbocycles. The summed E-state index contributed by atoms with van der Waals surface area (Å²) in [5.74, 6) is 0.978. The minimum Gasteiger partial charge on any atom is -0.492 e. The Hall–Kier alpha value is -1.06. The highest BCUT2D eigenvalue weighted by molar-refractivity contribution is 5.27. The van der Waals surface area contributed by atoms with Gasteiger partial charge < -0.3 is 10.5 Å². The molecular weight excluding hydrogens is 248 g/mol. The number of nitrogens with two attached hydrogens (primary N) is 1. The molecule has 0 radical (unpaired) electrons. The molecule has 3 heteroatoms. The zero-order valence-corrected chi connectivity index (χ0v) is 12.7. The van der Waals surface area contributed by atoms with E-state index in [9.17, 15) is 0 Å². The first-order valence-corrected chi connectivity index (χ1v) is 7.94. The van der Waals surface area contributed by atoms with Crippen LogP contribution in [0.4, 0.5) is 0 Å². The molecule has 0 bridgehead atoms. The van der Waals surface area contributed by atoms with E-state index in [4.69, 9.17) is 10.5 Å². The second kappa shape index (κ2) is 8.28. The van der Waals surface area contributed by atoms with E-state index >= 15 is 0 Å². The number of rotatable bonds is 7. The molecule has 1 aromatic carbocycles. The van der Waals surface area contributed by atoms with Gasteiger partial charge in [0, 0.05) is 12.6 Å². The minimum absolute atomic E-state index is 0.274. The lowest BCUT2D eigenvalue weighted by Crippen LogP contribution is -2.33. The van der Waals surface area contributed by atoms with Gasteiger partial charge in [0.1, 0.15) is 12.4 Å². The van der Waals surface area contributed by atoms with Gasteiger partial charge in [-0.1, -0.05) is 18.6 Å². The highest BCUT2D eigenvalue weighted by atomic mass is 16.5. The molecule has 1 fully saturated rings. The maximum atomic E-state index is 5.82. The number of aryl methyl sites for hydroxylation is 1. The standard InChI is InChI=1S/C17H28N2O/c1-15(18)5-6-16-7-9-17(10-8-16)20-14-13-19-11-3-2-4-12-19/h7-10,15H,2-6,11-14,18H2,1H3. The monoisotopic (exact) mass is 276 g/mol. The van der Waals surface area contributed by atoms with Gasteiger partial charge in [0.25, 0.3) is 0 Å². The molecule has 0 spiro atoms. The fourth-order valence-corrected chi connectivity index (χ4v) is 2.62. The first-order valence-electron chi connectivity index (χ1n) is 7.94. The highest BCUT2D eigenvalue weighted by Gasteiger charge is 2.09. The highest BCUT2D eigenvalue weighted by Crippen LogP contribution is 2.14. The van der Waals surface area contributed by atoms with Gasteiger partial charge >= 0.3 is 0 Å². The van der Waals surface area contributed by atoms with Crippen molar-refractivity contribution < 1.29 is 4.74 Å². The molecule has 1 unspecified atom stereocenters. The molecular formula is C17H28N2O. The van der Waals surface area contributed by atoms with Crippen molar-refractivity contribution in [1.29, 1.82) is 0 Å². The van der Waals surface area contributed by atoms with E-state index in [-0.39, 0.29) is 6.04 Å². The quantitative estimate of drug-likeness (QED) is 0.832. The molecule has 1 aliphatic rings. The average molecular weight is 276 g/mol. The van der Waals surface area contributed by atoms with Crippen LogP contribution < -0.4 is 10.5 Å². The summed E-state index contributed by atoms with van der Waals surface area (Å²) >= 11 is 0. The number of piperidine rings is 1. The molecule has 0 aromatic heterocycles. The van der Waals surface area contributed by atoms with Crippen molar-refractivity contribution in [2.24, 2.45) is 5.73 Å². The number of likely N-dealkylation sites (tertiary alicyclic amines) is 1. The Balaban J connectivity index is 1.67. The van der Waals surface area contributed by atoms with Gasteiger partial charge in [-0.05, 0) is 63.4 Å². The van der Waals surface area contributed by atoms with Crippen molar-refractivity contribution in [2.45, 2.75) is 45.1 Å². The van der Waals surface area contributed by atoms with E-state index in [0.29, 0.717) is 0 Å². The Kier molecular flexibility index (Phi) is 6.34. The summed E-state index contributed by atoms with van der Waals surface area (Å²) in [4.78, 5) is 2.50. The first-order chi connectivity index (χ1) is 9.74. The molecule has 3 nitrogen and oxygen atoms in total. The van der Waals surface area contributed by atoms with Crippen molar-refractivity contribution in [1.82, 2.24) is 4.90 Å². The topological polar surface area (TPSA) is 38.5 Å². The molecule has 1 atom stereocenters. The van der Waals surface area contributed by atoms with Crippen molar-refractivity contribution in [2.75, 3.05) is 26.2 Å². The van der Waals surface area contributed by atoms with E-state index in [1.807, 2.05) is 0 Å². The van der Waals surface area contributed by atoms with Crippen LogP contribution in [0.1, 0.15) is 38.2 Å². The summed E-state index contributed by atoms with van der Waals surface area (Å²) < 4.78 is 5.82. The van der Waals surface area contributed by atoms with Crippen LogP contribution in [0.5, 0.6) is 5.75 Å². The lowest BCUT2D eigenvalue weighted by atomic mass is 10.1. The molecule has 0 saturated carbocycles. The molecule has 1 aliphatic heterocycles. The van der Waals surface area contributed by atoms with Crippen LogP contribution in [0.15, 0.2) is 24.3 Å². The third-order valence-corrected chi connectivity index (χ3v) is 3.94. The van der Waals surface area contributed by atoms with E-state index < -0.39 is 0 Å². The van der Waals surface area contributed by atoms with Crippen LogP contribution in [0.25, 0.3) is 0 Å². The van der Waals surface area contributed by atoms with Crippen LogP contribution in [-0.4, -0.2) is 37.2 Å². The summed E-state index contributed by atoms with van der Waals surface area (Å²) in [6.45, 7) is 6.36. The Bertz CT molecular complexity index is 369. The van der Waals surface area contributed by atoms with E-state index in [0.717, 1.165) is 31.7 Å². The zero-order chi connectivity index (χ0) is 14.2. The van der Waals surface area contributed by atoms with Crippen molar-refractivity contribution in [3.63, 3.8) is 0 Å². The number of hydrogen-bond acceptors (Lipinski definition) is 3. The smallest absolute Gasteiger partial charge is 0.119 e. The fraction of sp³-hybridized carbons (Fsp3) is 0.647. The van der Waals surface area contributed by atoms with Gasteiger partial charge in [-0.15, -0.1) is 0 Å². The predicted molar refractivity (Wildman–Crippen MR) is 84.2 cm³/mol. The summed E-state index contributed by atoms with van der Waals surface area (Å²) in [5, 5.41) is 0. The summed E-state index contributed by atoms with van der Waals surface area (Å²) in [6, 6.07) is 8.73. The normalized spacial score (nSPS) is 17.9. The lowest BCUT2D eigenvalue weighted by Gasteiger charge is -2.26. The summed E-state index contributed by atoms with van der Waals surface area (Å²) in [7, 11) is 0. The Labute approximate surface area is 123 Å². The number of hydrogen-bond donors (Lipinski definition) is 1. The van der Waals surface area contributed by atoms with Crippen LogP contribution >= 0.6 is 0 Å². The predicted octanol–water partition coefficient (Wildman–Crippen LogP) is 2.83. The van der Waals surface area contributed by atoms with Crippen LogP contribution in [0.2, 0.25) is 0 Å². The number of nitrogens with zero attached hydrogens (tertiary/aromatic N) is 1. The van der Waals surface area contributed by atoms with E-state index in [2.05, 4.69) is 36.1 Å². The molecule has 20 heavy (non-hydrogen) atoms. The first kappa shape index (κ1) is 15.3. The van der Waals surface area contributed by atoms with Gasteiger partial charge in [0.15, 0.2) is 0 Å². The van der Waals surface area contributed by atoms with E-state index in [1.54, 1.807) is 0 Å². The van der Waals surface area contributed by atoms with Crippen LogP contribution in [-0.2, 0) is 6.42 Å². The van der Waals surface area contributed by atoms with Gasteiger partial charge in [0.2, 0.25) is 0 Å². The molecule has 2 rings (SSSR count). The lowest BCUT2D eigenvalue weighted by molar-refractivity contribution is 0.183. The zero-order valence-electron chi connectivity index (χ0n) is 12.7. The third-order valence-electron chi connectivity index (χ3n) is 3.94. The molecule has 1 aromatic rings. The van der Waals surface area contributed by atoms with Gasteiger partial charge in [-0.25, -0.2) is 0 Å². The summed E-state index contributed by atoms with van der Waals surface area (Å²) in [6.07, 6.45) is 6.16. The molecule has 112 valence electrons. The maximum Gasteiger partial charge on any atom is 0.119 e. The minimum atomic E-state index is 0.274. The SMILES string of the molecule is CC(N)CCc1ccc(OCCN2CCCCC2)cc1. The Morgan fingerprint density at radius 2 is 1.85 bits per heavy atom. The largest absolute Gasteiger partial charge is 0.492 e. The van der Waals surface area contributed by atoms with E-state index in [1.165, 1.54) is 37.9 Å². The second-order valence-corrected chi connectivity index (χ2v) is 5.91. The van der Waals surface area contributed by atoms with Gasteiger partial charge in [-0.2, -0.15) is 0 Å². The van der Waals surface area contributed by atoms with Gasteiger partial charge in [0.05, 0.1) is 0 Å². The van der Waals surface area contributed by atoms with Crippen molar-refractivity contribution in [3.05, 3.63) is 29.8 Å². The molecule has 1 heterocycles. The van der Waals surface area contributed by atoms with Crippen LogP contribution in [0, 0.1) is 0 Å².